The maximum Gasteiger partial charge on any atom is 0.416 e. The van der Waals surface area contributed by atoms with Gasteiger partial charge in [-0.2, -0.15) is 18.3 Å². The lowest BCUT2D eigenvalue weighted by atomic mass is 10.2. The molecular formula is C15H12ClF3N4S. The van der Waals surface area contributed by atoms with Crippen LogP contribution in [0.3, 0.4) is 0 Å². The number of rotatable bonds is 3. The Morgan fingerprint density at radius 1 is 1.29 bits per heavy atom. The first-order valence-corrected chi connectivity index (χ1v) is 7.44. The molecular weight excluding hydrogens is 361 g/mol. The minimum absolute atomic E-state index is 0.0134. The van der Waals surface area contributed by atoms with Crippen LogP contribution in [0.4, 0.5) is 18.9 Å². The van der Waals surface area contributed by atoms with Crippen LogP contribution in [0.5, 0.6) is 0 Å². The van der Waals surface area contributed by atoms with Crippen molar-refractivity contribution in [1.82, 2.24) is 10.4 Å². The minimum Gasteiger partial charge on any atom is -0.330 e. The van der Waals surface area contributed by atoms with Gasteiger partial charge in [0.2, 0.25) is 0 Å². The smallest absolute Gasteiger partial charge is 0.330 e. The molecule has 0 aliphatic heterocycles. The highest BCUT2D eigenvalue weighted by atomic mass is 35.5. The summed E-state index contributed by atoms with van der Waals surface area (Å²) in [4.78, 5) is 3.96. The van der Waals surface area contributed by atoms with Crippen molar-refractivity contribution in [1.29, 1.82) is 0 Å². The molecule has 0 bridgehead atoms. The summed E-state index contributed by atoms with van der Waals surface area (Å²) in [5, 5.41) is 6.77. The summed E-state index contributed by atoms with van der Waals surface area (Å²) >= 11 is 10.9. The number of pyridine rings is 1. The minimum atomic E-state index is -4.47. The Bertz CT molecular complexity index is 763. The average Bonchev–Trinajstić information content (AvgIpc) is 2.54. The maximum atomic E-state index is 12.7. The van der Waals surface area contributed by atoms with E-state index in [0.717, 1.165) is 23.8 Å². The number of alkyl halides is 3. The van der Waals surface area contributed by atoms with Gasteiger partial charge in [-0.1, -0.05) is 17.7 Å². The van der Waals surface area contributed by atoms with Crippen LogP contribution in [0.2, 0.25) is 5.02 Å². The van der Waals surface area contributed by atoms with Gasteiger partial charge in [0.15, 0.2) is 5.11 Å². The molecule has 0 atom stereocenters. The number of benzene rings is 1. The molecule has 1 aromatic carbocycles. The monoisotopic (exact) mass is 372 g/mol. The second-order valence-corrected chi connectivity index (χ2v) is 5.51. The number of anilines is 1. The van der Waals surface area contributed by atoms with Crippen molar-refractivity contribution in [2.45, 2.75) is 13.1 Å². The number of halogens is 4. The van der Waals surface area contributed by atoms with Gasteiger partial charge in [0.05, 0.1) is 22.0 Å². The van der Waals surface area contributed by atoms with E-state index in [1.807, 2.05) is 6.07 Å². The van der Waals surface area contributed by atoms with E-state index in [1.54, 1.807) is 25.4 Å². The molecule has 0 amide bonds. The van der Waals surface area contributed by atoms with Crippen molar-refractivity contribution in [2.24, 2.45) is 5.10 Å². The number of nitrogens with zero attached hydrogens (tertiary/aromatic N) is 2. The number of hydrogen-bond acceptors (Lipinski definition) is 3. The molecule has 0 saturated carbocycles. The zero-order chi connectivity index (χ0) is 17.7. The van der Waals surface area contributed by atoms with Crippen molar-refractivity contribution in [2.75, 3.05) is 5.32 Å². The third kappa shape index (κ3) is 4.90. The zero-order valence-corrected chi connectivity index (χ0v) is 13.9. The molecule has 0 unspecified atom stereocenters. The highest BCUT2D eigenvalue weighted by molar-refractivity contribution is 7.80. The summed E-state index contributed by atoms with van der Waals surface area (Å²) in [6.07, 6.45) is -1.21. The standard InChI is InChI=1S/C15H12ClF3N4S/c1-9(10-3-2-6-20-8-10)22-23-14(24)21-13-7-11(15(17,18)19)4-5-12(13)16/h2-8H,1H3,(H2,21,23,24)/b22-9+. The molecule has 24 heavy (non-hydrogen) atoms. The predicted octanol–water partition coefficient (Wildman–Crippen LogP) is 4.46. The van der Waals surface area contributed by atoms with Crippen LogP contribution < -0.4 is 10.7 Å². The quantitative estimate of drug-likeness (QED) is 0.474. The van der Waals surface area contributed by atoms with Crippen LogP contribution in [0.15, 0.2) is 47.8 Å². The molecule has 0 aliphatic rings. The first-order chi connectivity index (χ1) is 11.3. The van der Waals surface area contributed by atoms with Crippen LogP contribution in [0, 0.1) is 0 Å². The number of nitrogens with one attached hydrogen (secondary N) is 2. The van der Waals surface area contributed by atoms with Crippen molar-refractivity contribution in [3.63, 3.8) is 0 Å². The van der Waals surface area contributed by atoms with Crippen molar-refractivity contribution >= 4 is 40.3 Å². The number of hydrazone groups is 1. The van der Waals surface area contributed by atoms with Gasteiger partial charge in [-0.05, 0) is 43.4 Å². The third-order valence-corrected chi connectivity index (χ3v) is 3.47. The molecule has 0 fully saturated rings. The second kappa shape index (κ2) is 7.59. The molecule has 0 radical (unpaired) electrons. The first-order valence-electron chi connectivity index (χ1n) is 6.66. The lowest BCUT2D eigenvalue weighted by Crippen LogP contribution is -2.25. The van der Waals surface area contributed by atoms with Crippen LogP contribution in [0.1, 0.15) is 18.1 Å². The van der Waals surface area contributed by atoms with E-state index >= 15 is 0 Å². The number of hydrogen-bond donors (Lipinski definition) is 2. The van der Waals surface area contributed by atoms with E-state index in [4.69, 9.17) is 23.8 Å². The van der Waals surface area contributed by atoms with Gasteiger partial charge in [-0.25, -0.2) is 0 Å². The molecule has 2 aromatic rings. The van der Waals surface area contributed by atoms with Gasteiger partial charge in [0.1, 0.15) is 0 Å². The molecule has 9 heteroatoms. The molecule has 0 spiro atoms. The normalized spacial score (nSPS) is 12.0. The summed E-state index contributed by atoms with van der Waals surface area (Å²) in [6, 6.07) is 6.50. The van der Waals surface area contributed by atoms with Gasteiger partial charge < -0.3 is 5.32 Å². The number of thiocarbonyl (C=S) groups is 1. The molecule has 4 nitrogen and oxygen atoms in total. The fourth-order valence-corrected chi connectivity index (χ4v) is 2.04. The van der Waals surface area contributed by atoms with Gasteiger partial charge in [0, 0.05) is 18.0 Å². The summed E-state index contributed by atoms with van der Waals surface area (Å²) in [5.41, 5.74) is 3.16. The maximum absolute atomic E-state index is 12.7. The average molecular weight is 373 g/mol. The molecule has 126 valence electrons. The van der Waals surface area contributed by atoms with Crippen LogP contribution >= 0.6 is 23.8 Å². The lowest BCUT2D eigenvalue weighted by molar-refractivity contribution is -0.137. The van der Waals surface area contributed by atoms with Gasteiger partial charge in [0.25, 0.3) is 0 Å². The van der Waals surface area contributed by atoms with Crippen molar-refractivity contribution in [3.8, 4) is 0 Å². The summed E-state index contributed by atoms with van der Waals surface area (Å²) in [7, 11) is 0. The van der Waals surface area contributed by atoms with Crippen molar-refractivity contribution < 1.29 is 13.2 Å². The molecule has 2 rings (SSSR count). The van der Waals surface area contributed by atoms with E-state index in [2.05, 4.69) is 20.8 Å². The Morgan fingerprint density at radius 3 is 2.67 bits per heavy atom. The molecule has 1 heterocycles. The summed E-state index contributed by atoms with van der Waals surface area (Å²) in [6.45, 7) is 1.74. The SMILES string of the molecule is C/C(=N\NC(=S)Nc1cc(C(F)(F)F)ccc1Cl)c1cccnc1. The van der Waals surface area contributed by atoms with E-state index < -0.39 is 11.7 Å². The van der Waals surface area contributed by atoms with Gasteiger partial charge >= 0.3 is 6.18 Å². The van der Waals surface area contributed by atoms with E-state index in [-0.39, 0.29) is 15.8 Å². The van der Waals surface area contributed by atoms with Crippen molar-refractivity contribution in [3.05, 3.63) is 58.9 Å². The lowest BCUT2D eigenvalue weighted by Gasteiger charge is -2.13. The zero-order valence-electron chi connectivity index (χ0n) is 12.4. The Morgan fingerprint density at radius 2 is 2.04 bits per heavy atom. The van der Waals surface area contributed by atoms with Gasteiger partial charge in [-0.3, -0.25) is 10.4 Å². The topological polar surface area (TPSA) is 49.3 Å². The van der Waals surface area contributed by atoms with Gasteiger partial charge in [-0.15, -0.1) is 0 Å². The summed E-state index contributed by atoms with van der Waals surface area (Å²) in [5.74, 6) is 0. The Hall–Kier alpha value is -2.19. The van der Waals surface area contributed by atoms with E-state index in [1.165, 1.54) is 0 Å². The second-order valence-electron chi connectivity index (χ2n) is 4.70. The molecule has 0 aliphatic carbocycles. The fraction of sp³-hybridized carbons (Fsp3) is 0.133. The summed E-state index contributed by atoms with van der Waals surface area (Å²) < 4.78 is 38.2. The molecule has 0 saturated heterocycles. The van der Waals surface area contributed by atoms with E-state index in [0.29, 0.717) is 5.71 Å². The Labute approximate surface area is 146 Å². The van der Waals surface area contributed by atoms with Crippen LogP contribution in [-0.2, 0) is 6.18 Å². The highest BCUT2D eigenvalue weighted by Gasteiger charge is 2.31. The first kappa shape index (κ1) is 18.2. The predicted molar refractivity (Wildman–Crippen MR) is 92.3 cm³/mol. The Balaban J connectivity index is 2.07. The fourth-order valence-electron chi connectivity index (χ4n) is 1.72. The highest BCUT2D eigenvalue weighted by Crippen LogP contribution is 2.33. The molecule has 1 aromatic heterocycles. The largest absolute Gasteiger partial charge is 0.416 e. The van der Waals surface area contributed by atoms with Crippen LogP contribution in [0.25, 0.3) is 0 Å². The Kier molecular flexibility index (Phi) is 5.74. The van der Waals surface area contributed by atoms with E-state index in [9.17, 15) is 13.2 Å². The third-order valence-electron chi connectivity index (χ3n) is 2.95. The molecule has 2 N–H and O–H groups in total. The van der Waals surface area contributed by atoms with Crippen LogP contribution in [-0.4, -0.2) is 15.8 Å². The number of aromatic nitrogens is 1.